The van der Waals surface area contributed by atoms with Gasteiger partial charge in [-0.25, -0.2) is 27.8 Å². The molecule has 0 radical (unpaired) electrons. The summed E-state index contributed by atoms with van der Waals surface area (Å²) in [5.74, 6) is -0.897. The van der Waals surface area contributed by atoms with Gasteiger partial charge in [0.15, 0.2) is 24.2 Å². The van der Waals surface area contributed by atoms with Crippen LogP contribution in [0.5, 0.6) is 5.75 Å². The molecule has 38 heavy (non-hydrogen) atoms. The Balaban J connectivity index is 1.46. The van der Waals surface area contributed by atoms with Crippen LogP contribution in [0.25, 0.3) is 22.3 Å². The summed E-state index contributed by atoms with van der Waals surface area (Å²) in [7, 11) is 0. The lowest BCUT2D eigenvalue weighted by atomic mass is 9.98. The van der Waals surface area contributed by atoms with Crippen molar-refractivity contribution in [3.8, 4) is 17.0 Å². The number of fused-ring (bicyclic) bond motifs is 1. The summed E-state index contributed by atoms with van der Waals surface area (Å²) in [6.45, 7) is 3.18. The van der Waals surface area contributed by atoms with Gasteiger partial charge in [0.25, 0.3) is 0 Å². The summed E-state index contributed by atoms with van der Waals surface area (Å²) in [4.78, 5) is 15.8. The molecule has 12 heteroatoms. The van der Waals surface area contributed by atoms with E-state index in [1.54, 1.807) is 6.07 Å². The van der Waals surface area contributed by atoms with E-state index in [1.807, 2.05) is 4.90 Å². The van der Waals surface area contributed by atoms with Crippen LogP contribution < -0.4 is 9.64 Å². The van der Waals surface area contributed by atoms with Gasteiger partial charge in [-0.1, -0.05) is 0 Å². The Kier molecular flexibility index (Phi) is 6.93. The smallest absolute Gasteiger partial charge is 0.181 e. The Bertz CT molecular complexity index is 1450. The number of ether oxygens (including phenoxy) is 1. The van der Waals surface area contributed by atoms with E-state index in [-0.39, 0.29) is 17.5 Å². The maximum absolute atomic E-state index is 14.1. The van der Waals surface area contributed by atoms with E-state index >= 15 is 0 Å². The lowest BCUT2D eigenvalue weighted by Crippen LogP contribution is -2.39. The van der Waals surface area contributed by atoms with Gasteiger partial charge in [-0.3, -0.25) is 4.98 Å². The molecule has 200 valence electrons. The van der Waals surface area contributed by atoms with Crippen LogP contribution in [0.1, 0.15) is 38.5 Å². The van der Waals surface area contributed by atoms with E-state index in [0.29, 0.717) is 54.0 Å². The van der Waals surface area contributed by atoms with Crippen LogP contribution in [0.2, 0.25) is 0 Å². The second kappa shape index (κ2) is 10.2. The topological polar surface area (TPSA) is 109 Å². The van der Waals surface area contributed by atoms with Crippen molar-refractivity contribution in [3.05, 3.63) is 60.2 Å². The molecule has 0 bridgehead atoms. The highest BCUT2D eigenvalue weighted by Crippen LogP contribution is 2.33. The molecule has 4 heterocycles. The summed E-state index contributed by atoms with van der Waals surface area (Å²) in [5.41, 5.74) is 0.800. The molecule has 1 aromatic carbocycles. The number of hydrogen-bond acceptors (Lipinski definition) is 8. The molecule has 0 unspecified atom stereocenters. The summed E-state index contributed by atoms with van der Waals surface area (Å²) in [5, 5.41) is 24.7. The molecular formula is C26H27F3N6O3. The summed E-state index contributed by atoms with van der Waals surface area (Å²) in [6.07, 6.45) is 4.07. The number of piperidine rings is 1. The van der Waals surface area contributed by atoms with Gasteiger partial charge in [-0.05, 0) is 32.0 Å². The van der Waals surface area contributed by atoms with Crippen LogP contribution in [0.4, 0.5) is 19.0 Å². The number of aliphatic hydroxyl groups excluding tert-OH is 1. The first-order valence-electron chi connectivity index (χ1n) is 12.2. The first kappa shape index (κ1) is 25.9. The fourth-order valence-corrected chi connectivity index (χ4v) is 4.38. The Hall–Kier alpha value is -3.77. The van der Waals surface area contributed by atoms with Gasteiger partial charge in [0.1, 0.15) is 29.2 Å². The second-order valence-corrected chi connectivity index (χ2v) is 9.82. The number of aliphatic hydroxyl groups is 2. The molecule has 2 N–H and O–H groups in total. The van der Waals surface area contributed by atoms with Crippen LogP contribution in [-0.4, -0.2) is 59.7 Å². The predicted octanol–water partition coefficient (Wildman–Crippen LogP) is 3.95. The van der Waals surface area contributed by atoms with Crippen LogP contribution in [0, 0.1) is 11.6 Å². The molecule has 0 saturated carbocycles. The molecule has 1 aliphatic rings. The number of aromatic nitrogens is 5. The number of hydrogen-bond donors (Lipinski definition) is 2. The van der Waals surface area contributed by atoms with Gasteiger partial charge in [0.2, 0.25) is 0 Å². The van der Waals surface area contributed by atoms with Gasteiger partial charge < -0.3 is 19.8 Å². The van der Waals surface area contributed by atoms with Crippen LogP contribution in [0.15, 0.2) is 42.9 Å². The van der Waals surface area contributed by atoms with E-state index < -0.39 is 30.1 Å². The Morgan fingerprint density at radius 3 is 2.53 bits per heavy atom. The first-order valence-corrected chi connectivity index (χ1v) is 12.2. The van der Waals surface area contributed by atoms with Crippen molar-refractivity contribution >= 4 is 16.9 Å². The monoisotopic (exact) mass is 528 g/mol. The number of halogens is 3. The third kappa shape index (κ3) is 5.27. The van der Waals surface area contributed by atoms with E-state index in [4.69, 9.17) is 14.7 Å². The SMILES string of the molecule is CC(C)(O)[C@@H](O)c1cc2nc(N3CCC(Oc4ccc(F)cc4F)CC3)c(-c3cnn(CF)c3)nc2cn1. The molecule has 4 aromatic rings. The van der Waals surface area contributed by atoms with Crippen molar-refractivity contribution in [2.45, 2.75) is 51.3 Å². The number of pyridine rings is 1. The van der Waals surface area contributed by atoms with Crippen molar-refractivity contribution < 1.29 is 28.1 Å². The maximum Gasteiger partial charge on any atom is 0.181 e. The standard InChI is InChI=1S/C26H27F3N6O3/c1-26(2,37)24(36)20-10-19-21(12-30-20)32-23(15-11-31-35(13-15)14-27)25(33-19)34-7-5-17(6-8-34)38-22-4-3-16(28)9-18(22)29/h3-4,9-13,17,24,36-37H,5-8,14H2,1-2H3/t24-/m0/s1. The highest BCUT2D eigenvalue weighted by atomic mass is 19.1. The third-order valence-electron chi connectivity index (χ3n) is 6.46. The van der Waals surface area contributed by atoms with E-state index in [0.717, 1.165) is 16.8 Å². The molecule has 0 aliphatic carbocycles. The highest BCUT2D eigenvalue weighted by molar-refractivity contribution is 5.83. The lowest BCUT2D eigenvalue weighted by molar-refractivity contribution is -0.0516. The zero-order valence-electron chi connectivity index (χ0n) is 20.9. The first-order chi connectivity index (χ1) is 18.1. The molecule has 0 spiro atoms. The Labute approximate surface area is 216 Å². The maximum atomic E-state index is 14.1. The van der Waals surface area contributed by atoms with Gasteiger partial charge >= 0.3 is 0 Å². The fourth-order valence-electron chi connectivity index (χ4n) is 4.38. The Morgan fingerprint density at radius 2 is 1.87 bits per heavy atom. The molecular weight excluding hydrogens is 501 g/mol. The zero-order chi connectivity index (χ0) is 27.0. The molecule has 0 amide bonds. The average molecular weight is 529 g/mol. The Morgan fingerprint density at radius 1 is 1.11 bits per heavy atom. The molecule has 1 fully saturated rings. The van der Waals surface area contributed by atoms with Crippen molar-refractivity contribution in [3.63, 3.8) is 0 Å². The molecule has 1 atom stereocenters. The lowest BCUT2D eigenvalue weighted by Gasteiger charge is -2.33. The van der Waals surface area contributed by atoms with Crippen molar-refractivity contribution in [2.75, 3.05) is 18.0 Å². The molecule has 1 saturated heterocycles. The predicted molar refractivity (Wildman–Crippen MR) is 133 cm³/mol. The van der Waals surface area contributed by atoms with Gasteiger partial charge in [-0.15, -0.1) is 0 Å². The molecule has 3 aromatic heterocycles. The summed E-state index contributed by atoms with van der Waals surface area (Å²) >= 11 is 0. The van der Waals surface area contributed by atoms with Gasteiger partial charge in [-0.2, -0.15) is 5.10 Å². The zero-order valence-corrected chi connectivity index (χ0v) is 20.9. The number of anilines is 1. The van der Waals surface area contributed by atoms with Crippen molar-refractivity contribution in [2.24, 2.45) is 0 Å². The molecule has 9 nitrogen and oxygen atoms in total. The summed E-state index contributed by atoms with van der Waals surface area (Å²) < 4.78 is 47.4. The van der Waals surface area contributed by atoms with Gasteiger partial charge in [0, 0.05) is 43.8 Å². The minimum atomic E-state index is -1.41. The third-order valence-corrected chi connectivity index (χ3v) is 6.46. The number of benzene rings is 1. The van der Waals surface area contributed by atoms with E-state index in [1.165, 1.54) is 38.5 Å². The average Bonchev–Trinajstić information content (AvgIpc) is 3.38. The van der Waals surface area contributed by atoms with Crippen LogP contribution in [-0.2, 0) is 6.80 Å². The largest absolute Gasteiger partial charge is 0.487 e. The van der Waals surface area contributed by atoms with Crippen LogP contribution in [0.3, 0.4) is 0 Å². The van der Waals surface area contributed by atoms with Crippen molar-refractivity contribution in [1.29, 1.82) is 0 Å². The fraction of sp³-hybridized carbons (Fsp3) is 0.385. The normalized spacial score (nSPS) is 15.7. The number of alkyl halides is 1. The number of rotatable bonds is 7. The van der Waals surface area contributed by atoms with E-state index in [9.17, 15) is 23.4 Å². The summed E-state index contributed by atoms with van der Waals surface area (Å²) in [6, 6.07) is 4.80. The van der Waals surface area contributed by atoms with Crippen molar-refractivity contribution in [1.82, 2.24) is 24.7 Å². The van der Waals surface area contributed by atoms with Crippen LogP contribution >= 0.6 is 0 Å². The van der Waals surface area contributed by atoms with Gasteiger partial charge in [0.05, 0.1) is 29.2 Å². The molecule has 1 aliphatic heterocycles. The highest BCUT2D eigenvalue weighted by Gasteiger charge is 2.29. The minimum absolute atomic E-state index is 0.0000620. The number of nitrogens with zero attached hydrogens (tertiary/aromatic N) is 6. The molecule has 5 rings (SSSR count). The second-order valence-electron chi connectivity index (χ2n) is 9.82. The van der Waals surface area contributed by atoms with E-state index in [2.05, 4.69) is 10.1 Å². The minimum Gasteiger partial charge on any atom is -0.487 e. The quantitative estimate of drug-likeness (QED) is 0.371.